The van der Waals surface area contributed by atoms with E-state index in [1.807, 2.05) is 6.92 Å². The van der Waals surface area contributed by atoms with Gasteiger partial charge < -0.3 is 20.9 Å². The van der Waals surface area contributed by atoms with Crippen molar-refractivity contribution in [3.05, 3.63) is 0 Å². The minimum Gasteiger partial charge on any atom is -0.391 e. The van der Waals surface area contributed by atoms with Crippen LogP contribution < -0.4 is 11.1 Å². The molecule has 4 N–H and O–H groups in total. The predicted octanol–water partition coefficient (Wildman–Crippen LogP) is -0.763. The third-order valence-corrected chi connectivity index (χ3v) is 2.02. The highest BCUT2D eigenvalue weighted by molar-refractivity contribution is 5.76. The minimum absolute atomic E-state index is 0.144. The smallest absolute Gasteiger partial charge is 0.222 e. The molecule has 0 aromatic heterocycles. The molecule has 0 aromatic carbocycles. The number of hydrogen-bond donors (Lipinski definition) is 3. The number of ether oxygens (including phenoxy) is 1. The fourth-order valence-corrected chi connectivity index (χ4v) is 0.918. The zero-order valence-corrected chi connectivity index (χ0v) is 8.82. The van der Waals surface area contributed by atoms with Crippen molar-refractivity contribution in [3.63, 3.8) is 0 Å². The SMILES string of the molecule is CCC(O)CNC(=O)CC(CN)OC. The van der Waals surface area contributed by atoms with Gasteiger partial charge in [-0.2, -0.15) is 0 Å². The number of aliphatic hydroxyl groups excluding tert-OH is 1. The maximum atomic E-state index is 11.2. The van der Waals surface area contributed by atoms with Crippen molar-refractivity contribution in [2.24, 2.45) is 5.73 Å². The van der Waals surface area contributed by atoms with Crippen molar-refractivity contribution in [2.75, 3.05) is 20.2 Å². The summed E-state index contributed by atoms with van der Waals surface area (Å²) in [6, 6.07) is 0. The second kappa shape index (κ2) is 7.73. The number of nitrogens with one attached hydrogen (secondary N) is 1. The lowest BCUT2D eigenvalue weighted by Crippen LogP contribution is -2.36. The highest BCUT2D eigenvalue weighted by Crippen LogP contribution is 1.95. The van der Waals surface area contributed by atoms with Crippen LogP contribution in [0.25, 0.3) is 0 Å². The zero-order valence-electron chi connectivity index (χ0n) is 8.82. The molecule has 1 amide bonds. The topological polar surface area (TPSA) is 84.6 Å². The van der Waals surface area contributed by atoms with Crippen LogP contribution in [0.1, 0.15) is 19.8 Å². The molecule has 84 valence electrons. The number of carbonyl (C=O) groups excluding carboxylic acids is 1. The van der Waals surface area contributed by atoms with E-state index in [0.717, 1.165) is 0 Å². The fourth-order valence-electron chi connectivity index (χ4n) is 0.918. The van der Waals surface area contributed by atoms with Crippen LogP contribution in [0.4, 0.5) is 0 Å². The lowest BCUT2D eigenvalue weighted by Gasteiger charge is -2.13. The molecule has 0 aliphatic heterocycles. The molecular formula is C9H20N2O3. The van der Waals surface area contributed by atoms with Gasteiger partial charge in [-0.3, -0.25) is 4.79 Å². The van der Waals surface area contributed by atoms with Crippen LogP contribution in [0.5, 0.6) is 0 Å². The number of amides is 1. The second-order valence-corrected chi connectivity index (χ2v) is 3.16. The Labute approximate surface area is 84.6 Å². The molecule has 0 heterocycles. The lowest BCUT2D eigenvalue weighted by atomic mass is 10.2. The molecule has 0 spiro atoms. The molecule has 0 aliphatic carbocycles. The zero-order chi connectivity index (χ0) is 11.0. The van der Waals surface area contributed by atoms with Crippen LogP contribution in [0, 0.1) is 0 Å². The van der Waals surface area contributed by atoms with Gasteiger partial charge in [0.2, 0.25) is 5.91 Å². The number of hydrogen-bond acceptors (Lipinski definition) is 4. The Hall–Kier alpha value is -0.650. The molecule has 0 aliphatic rings. The molecule has 0 rings (SSSR count). The van der Waals surface area contributed by atoms with E-state index in [4.69, 9.17) is 10.5 Å². The fraction of sp³-hybridized carbons (Fsp3) is 0.889. The van der Waals surface area contributed by atoms with E-state index >= 15 is 0 Å². The van der Waals surface area contributed by atoms with E-state index in [-0.39, 0.29) is 25.0 Å². The molecule has 14 heavy (non-hydrogen) atoms. The number of methoxy groups -OCH3 is 1. The van der Waals surface area contributed by atoms with Gasteiger partial charge in [-0.15, -0.1) is 0 Å². The monoisotopic (exact) mass is 204 g/mol. The normalized spacial score (nSPS) is 14.9. The van der Waals surface area contributed by atoms with Gasteiger partial charge in [0, 0.05) is 20.2 Å². The summed E-state index contributed by atoms with van der Waals surface area (Å²) in [7, 11) is 1.52. The van der Waals surface area contributed by atoms with Crippen LogP contribution in [-0.2, 0) is 9.53 Å². The summed E-state index contributed by atoms with van der Waals surface area (Å²) in [6.07, 6.45) is 0.153. The molecule has 0 fully saturated rings. The van der Waals surface area contributed by atoms with Gasteiger partial charge in [0.05, 0.1) is 18.6 Å². The number of nitrogens with two attached hydrogens (primary N) is 1. The van der Waals surface area contributed by atoms with E-state index in [2.05, 4.69) is 5.32 Å². The van der Waals surface area contributed by atoms with Crippen molar-refractivity contribution in [3.8, 4) is 0 Å². The molecular weight excluding hydrogens is 184 g/mol. The van der Waals surface area contributed by atoms with E-state index < -0.39 is 6.10 Å². The number of aliphatic hydroxyl groups is 1. The second-order valence-electron chi connectivity index (χ2n) is 3.16. The van der Waals surface area contributed by atoms with Gasteiger partial charge in [0.25, 0.3) is 0 Å². The van der Waals surface area contributed by atoms with Gasteiger partial charge in [0.15, 0.2) is 0 Å². The van der Waals surface area contributed by atoms with Crippen molar-refractivity contribution < 1.29 is 14.6 Å². The summed E-state index contributed by atoms with van der Waals surface area (Å²) >= 11 is 0. The van der Waals surface area contributed by atoms with Crippen LogP contribution >= 0.6 is 0 Å². The average Bonchev–Trinajstić information content (AvgIpc) is 2.22. The van der Waals surface area contributed by atoms with Crippen molar-refractivity contribution in [1.82, 2.24) is 5.32 Å². The van der Waals surface area contributed by atoms with Crippen molar-refractivity contribution in [1.29, 1.82) is 0 Å². The molecule has 5 heteroatoms. The first-order valence-corrected chi connectivity index (χ1v) is 4.81. The van der Waals surface area contributed by atoms with Crippen molar-refractivity contribution in [2.45, 2.75) is 32.0 Å². The Bertz CT molecular complexity index is 160. The highest BCUT2D eigenvalue weighted by Gasteiger charge is 2.11. The van der Waals surface area contributed by atoms with E-state index in [1.54, 1.807) is 0 Å². The van der Waals surface area contributed by atoms with Crippen LogP contribution in [0.2, 0.25) is 0 Å². The molecule has 0 saturated heterocycles. The van der Waals surface area contributed by atoms with Crippen molar-refractivity contribution >= 4 is 5.91 Å². The standard InChI is InChI=1S/C9H20N2O3/c1-3-7(12)6-11-9(13)4-8(5-10)14-2/h7-8,12H,3-6,10H2,1-2H3,(H,11,13). The molecule has 0 radical (unpaired) electrons. The van der Waals surface area contributed by atoms with Crippen LogP contribution in [0.3, 0.4) is 0 Å². The summed E-state index contributed by atoms with van der Waals surface area (Å²) in [5, 5.41) is 11.8. The minimum atomic E-state index is -0.474. The predicted molar refractivity (Wildman–Crippen MR) is 53.8 cm³/mol. The summed E-state index contributed by atoms with van der Waals surface area (Å²) in [5.74, 6) is -0.144. The Morgan fingerprint density at radius 1 is 1.64 bits per heavy atom. The molecule has 0 saturated carbocycles. The maximum Gasteiger partial charge on any atom is 0.222 e. The van der Waals surface area contributed by atoms with Gasteiger partial charge in [-0.25, -0.2) is 0 Å². The first-order valence-electron chi connectivity index (χ1n) is 4.81. The largest absolute Gasteiger partial charge is 0.391 e. The Balaban J connectivity index is 3.64. The number of carbonyl (C=O) groups is 1. The Morgan fingerprint density at radius 3 is 2.71 bits per heavy atom. The van der Waals surface area contributed by atoms with Gasteiger partial charge >= 0.3 is 0 Å². The first-order chi connectivity index (χ1) is 6.63. The van der Waals surface area contributed by atoms with E-state index in [9.17, 15) is 9.90 Å². The number of rotatable bonds is 7. The molecule has 0 aromatic rings. The molecule has 2 unspecified atom stereocenters. The average molecular weight is 204 g/mol. The maximum absolute atomic E-state index is 11.2. The lowest BCUT2D eigenvalue weighted by molar-refractivity contribution is -0.123. The summed E-state index contributed by atoms with van der Waals surface area (Å²) in [4.78, 5) is 11.2. The van der Waals surface area contributed by atoms with E-state index in [0.29, 0.717) is 13.0 Å². The first kappa shape index (κ1) is 13.4. The molecule has 2 atom stereocenters. The van der Waals surface area contributed by atoms with Crippen LogP contribution in [-0.4, -0.2) is 43.4 Å². The summed E-state index contributed by atoms with van der Waals surface area (Å²) in [5.41, 5.74) is 5.36. The summed E-state index contributed by atoms with van der Waals surface area (Å²) < 4.78 is 4.95. The van der Waals surface area contributed by atoms with Gasteiger partial charge in [-0.1, -0.05) is 6.92 Å². The molecule has 0 bridgehead atoms. The van der Waals surface area contributed by atoms with E-state index in [1.165, 1.54) is 7.11 Å². The summed E-state index contributed by atoms with van der Waals surface area (Å²) in [6.45, 7) is 2.46. The van der Waals surface area contributed by atoms with Gasteiger partial charge in [0.1, 0.15) is 0 Å². The van der Waals surface area contributed by atoms with Gasteiger partial charge in [-0.05, 0) is 6.42 Å². The third kappa shape index (κ3) is 5.90. The highest BCUT2D eigenvalue weighted by atomic mass is 16.5. The Kier molecular flexibility index (Phi) is 7.37. The third-order valence-electron chi connectivity index (χ3n) is 2.02. The quantitative estimate of drug-likeness (QED) is 0.509. The van der Waals surface area contributed by atoms with Crippen LogP contribution in [0.15, 0.2) is 0 Å². The molecule has 5 nitrogen and oxygen atoms in total. The Morgan fingerprint density at radius 2 is 2.29 bits per heavy atom.